The van der Waals surface area contributed by atoms with Gasteiger partial charge in [-0.3, -0.25) is 4.79 Å². The molecule has 116 valence electrons. The molecule has 0 bridgehead atoms. The number of likely N-dealkylation sites (tertiary alicyclic amines) is 1. The normalized spacial score (nSPS) is 21.9. The van der Waals surface area contributed by atoms with E-state index in [4.69, 9.17) is 4.74 Å². The summed E-state index contributed by atoms with van der Waals surface area (Å²) in [5, 5.41) is 2.86. The summed E-state index contributed by atoms with van der Waals surface area (Å²) < 4.78 is 5.38. The molecule has 0 aromatic rings. The first kappa shape index (κ1) is 17.0. The van der Waals surface area contributed by atoms with Crippen molar-refractivity contribution in [3.05, 3.63) is 0 Å². The molecule has 5 heteroatoms. The number of carbonyl (C=O) groups excluding carboxylic acids is 2. The first-order valence-corrected chi connectivity index (χ1v) is 7.32. The van der Waals surface area contributed by atoms with Gasteiger partial charge in [0.15, 0.2) is 0 Å². The van der Waals surface area contributed by atoms with Crippen molar-refractivity contribution in [2.24, 2.45) is 11.8 Å². The van der Waals surface area contributed by atoms with Crippen molar-refractivity contribution in [3.63, 3.8) is 0 Å². The third kappa shape index (κ3) is 5.12. The van der Waals surface area contributed by atoms with Crippen LogP contribution in [0.1, 0.15) is 41.0 Å². The molecule has 1 amide bonds. The van der Waals surface area contributed by atoms with Crippen LogP contribution in [0.4, 0.5) is 0 Å². The number of ether oxygens (including phenoxy) is 1. The molecule has 0 aromatic carbocycles. The van der Waals surface area contributed by atoms with E-state index < -0.39 is 11.6 Å². The van der Waals surface area contributed by atoms with Gasteiger partial charge in [-0.2, -0.15) is 0 Å². The van der Waals surface area contributed by atoms with E-state index in [1.54, 1.807) is 0 Å². The molecule has 0 spiro atoms. The molecule has 1 unspecified atom stereocenters. The van der Waals surface area contributed by atoms with Gasteiger partial charge in [0.2, 0.25) is 5.91 Å². The molecule has 5 nitrogen and oxygen atoms in total. The van der Waals surface area contributed by atoms with Gasteiger partial charge in [-0.05, 0) is 46.7 Å². The molecule has 1 rings (SSSR count). The Balaban J connectivity index is 2.63. The molecule has 0 aromatic heterocycles. The van der Waals surface area contributed by atoms with E-state index in [9.17, 15) is 9.59 Å². The molecule has 0 aliphatic carbocycles. The van der Waals surface area contributed by atoms with Gasteiger partial charge in [0.05, 0.1) is 5.92 Å². The Kier molecular flexibility index (Phi) is 5.57. The maximum absolute atomic E-state index is 12.2. The average Bonchev–Trinajstić information content (AvgIpc) is 2.69. The zero-order valence-electron chi connectivity index (χ0n) is 13.5. The van der Waals surface area contributed by atoms with E-state index >= 15 is 0 Å². The van der Waals surface area contributed by atoms with Crippen molar-refractivity contribution in [2.75, 3.05) is 20.1 Å². The minimum Gasteiger partial charge on any atom is -0.458 e. The number of nitrogens with zero attached hydrogens (tertiary/aromatic N) is 1. The van der Waals surface area contributed by atoms with Gasteiger partial charge >= 0.3 is 5.97 Å². The second kappa shape index (κ2) is 6.57. The molecule has 1 aliphatic heterocycles. The van der Waals surface area contributed by atoms with Crippen LogP contribution >= 0.6 is 0 Å². The Morgan fingerprint density at radius 1 is 1.30 bits per heavy atom. The highest BCUT2D eigenvalue weighted by Gasteiger charge is 2.33. The van der Waals surface area contributed by atoms with Crippen LogP contribution in [0.2, 0.25) is 0 Å². The lowest BCUT2D eigenvalue weighted by atomic mass is 10.0. The number of esters is 1. The summed E-state index contributed by atoms with van der Waals surface area (Å²) in [6.07, 6.45) is 0.849. The second-order valence-electron chi connectivity index (χ2n) is 7.01. The molecule has 1 heterocycles. The number of amides is 1. The first-order chi connectivity index (χ1) is 9.10. The Morgan fingerprint density at radius 3 is 2.30 bits per heavy atom. The van der Waals surface area contributed by atoms with Gasteiger partial charge in [-0.25, -0.2) is 4.79 Å². The lowest BCUT2D eigenvalue weighted by molar-refractivity contribution is -0.160. The van der Waals surface area contributed by atoms with Crippen molar-refractivity contribution in [1.82, 2.24) is 10.2 Å². The van der Waals surface area contributed by atoms with Gasteiger partial charge in [0.1, 0.15) is 11.6 Å². The molecule has 1 N–H and O–H groups in total. The molecule has 1 aliphatic rings. The van der Waals surface area contributed by atoms with Crippen LogP contribution in [0.5, 0.6) is 0 Å². The maximum atomic E-state index is 12.2. The van der Waals surface area contributed by atoms with Crippen LogP contribution in [0.25, 0.3) is 0 Å². The van der Waals surface area contributed by atoms with Crippen LogP contribution in [-0.2, 0) is 14.3 Å². The Bertz CT molecular complexity index is 361. The topological polar surface area (TPSA) is 58.6 Å². The summed E-state index contributed by atoms with van der Waals surface area (Å²) in [5.41, 5.74) is -0.539. The van der Waals surface area contributed by atoms with Crippen molar-refractivity contribution in [3.8, 4) is 0 Å². The maximum Gasteiger partial charge on any atom is 0.329 e. The van der Waals surface area contributed by atoms with E-state index in [1.807, 2.05) is 41.7 Å². The van der Waals surface area contributed by atoms with Gasteiger partial charge in [0.25, 0.3) is 0 Å². The quantitative estimate of drug-likeness (QED) is 0.793. The SMILES string of the molecule is CC(C)[C@H](NC(=O)C1CCN(C)C1)C(=O)OC(C)(C)C. The third-order valence-corrected chi connectivity index (χ3v) is 3.39. The molecule has 2 atom stereocenters. The minimum absolute atomic E-state index is 0.00735. The number of carbonyl (C=O) groups is 2. The van der Waals surface area contributed by atoms with Crippen molar-refractivity contribution < 1.29 is 14.3 Å². The Labute approximate surface area is 122 Å². The molecule has 0 radical (unpaired) electrons. The summed E-state index contributed by atoms with van der Waals surface area (Å²) in [6, 6.07) is -0.576. The summed E-state index contributed by atoms with van der Waals surface area (Å²) in [6.45, 7) is 11.0. The Hall–Kier alpha value is -1.10. The molecule has 1 saturated heterocycles. The van der Waals surface area contributed by atoms with Crippen LogP contribution in [0.3, 0.4) is 0 Å². The molecule has 20 heavy (non-hydrogen) atoms. The van der Waals surface area contributed by atoms with Crippen molar-refractivity contribution in [2.45, 2.75) is 52.7 Å². The van der Waals surface area contributed by atoms with E-state index in [0.29, 0.717) is 0 Å². The smallest absolute Gasteiger partial charge is 0.329 e. The zero-order valence-corrected chi connectivity index (χ0v) is 13.5. The number of nitrogens with one attached hydrogen (secondary N) is 1. The van der Waals surface area contributed by atoms with Gasteiger partial charge in [0, 0.05) is 6.54 Å². The summed E-state index contributed by atoms with van der Waals surface area (Å²) in [7, 11) is 2.00. The van der Waals surface area contributed by atoms with Gasteiger partial charge < -0.3 is 15.0 Å². The van der Waals surface area contributed by atoms with E-state index in [-0.39, 0.29) is 23.7 Å². The monoisotopic (exact) mass is 284 g/mol. The standard InChI is InChI=1S/C15H28N2O3/c1-10(2)12(14(19)20-15(3,4)5)16-13(18)11-7-8-17(6)9-11/h10-12H,7-9H2,1-6H3,(H,16,18)/t11?,12-/m0/s1. The van der Waals surface area contributed by atoms with E-state index in [0.717, 1.165) is 19.5 Å². The summed E-state index contributed by atoms with van der Waals surface area (Å²) in [5.74, 6) is -0.414. The first-order valence-electron chi connectivity index (χ1n) is 7.32. The second-order valence-corrected chi connectivity index (χ2v) is 7.01. The molecular formula is C15H28N2O3. The highest BCUT2D eigenvalue weighted by atomic mass is 16.6. The summed E-state index contributed by atoms with van der Waals surface area (Å²) >= 11 is 0. The third-order valence-electron chi connectivity index (χ3n) is 3.39. The Morgan fingerprint density at radius 2 is 1.90 bits per heavy atom. The van der Waals surface area contributed by atoms with Gasteiger partial charge in [-0.15, -0.1) is 0 Å². The predicted molar refractivity (Wildman–Crippen MR) is 78.2 cm³/mol. The highest BCUT2D eigenvalue weighted by molar-refractivity contribution is 5.86. The van der Waals surface area contributed by atoms with Gasteiger partial charge in [-0.1, -0.05) is 13.8 Å². The lowest BCUT2D eigenvalue weighted by Gasteiger charge is -2.27. The van der Waals surface area contributed by atoms with Crippen LogP contribution < -0.4 is 5.32 Å². The fraction of sp³-hybridized carbons (Fsp3) is 0.867. The number of hydrogen-bond donors (Lipinski definition) is 1. The van der Waals surface area contributed by atoms with Crippen molar-refractivity contribution in [1.29, 1.82) is 0 Å². The van der Waals surface area contributed by atoms with E-state index in [1.165, 1.54) is 0 Å². The lowest BCUT2D eigenvalue weighted by Crippen LogP contribution is -2.49. The molecular weight excluding hydrogens is 256 g/mol. The number of hydrogen-bond acceptors (Lipinski definition) is 4. The van der Waals surface area contributed by atoms with Crippen LogP contribution in [0.15, 0.2) is 0 Å². The predicted octanol–water partition coefficient (Wildman–Crippen LogP) is 1.42. The molecule has 0 saturated carbocycles. The van der Waals surface area contributed by atoms with E-state index in [2.05, 4.69) is 10.2 Å². The fourth-order valence-corrected chi connectivity index (χ4v) is 2.28. The van der Waals surface area contributed by atoms with Crippen molar-refractivity contribution >= 4 is 11.9 Å². The average molecular weight is 284 g/mol. The van der Waals surface area contributed by atoms with Crippen LogP contribution in [-0.4, -0.2) is 48.6 Å². The highest BCUT2D eigenvalue weighted by Crippen LogP contribution is 2.17. The molecule has 1 fully saturated rings. The zero-order chi connectivity index (χ0) is 15.5. The fourth-order valence-electron chi connectivity index (χ4n) is 2.28. The van der Waals surface area contributed by atoms with Crippen LogP contribution in [0, 0.1) is 11.8 Å². The minimum atomic E-state index is -0.576. The number of rotatable bonds is 4. The largest absolute Gasteiger partial charge is 0.458 e. The summed E-state index contributed by atoms with van der Waals surface area (Å²) in [4.78, 5) is 26.5.